The lowest BCUT2D eigenvalue weighted by molar-refractivity contribution is 0.0222. The molecule has 0 bridgehead atoms. The number of aromatic amines is 1. The molecule has 1 fully saturated rings. The second-order valence-electron chi connectivity index (χ2n) is 6.11. The molecule has 3 heterocycles. The largest absolute Gasteiger partial charge is 0.471 e. The molecule has 4 rings (SSSR count). The Hall–Kier alpha value is -2.45. The number of fused-ring (bicyclic) bond motifs is 1. The van der Waals surface area contributed by atoms with Gasteiger partial charge in [-0.2, -0.15) is 9.97 Å². The predicted octanol–water partition coefficient (Wildman–Crippen LogP) is 4.03. The summed E-state index contributed by atoms with van der Waals surface area (Å²) < 4.78 is 44.0. The number of halogens is 3. The Bertz CT molecular complexity index is 940. The normalized spacial score (nSPS) is 15.2. The molecule has 2 aromatic heterocycles. The van der Waals surface area contributed by atoms with Crippen molar-refractivity contribution in [2.75, 3.05) is 13.2 Å². The number of ether oxygens (including phenoxy) is 3. The fourth-order valence-electron chi connectivity index (χ4n) is 2.80. The SMILES string of the molecule is Fc1cccc(F)c1COc1nc2nc(OC3CCOCC3)[nH]c2cc1Cl. The van der Waals surface area contributed by atoms with Gasteiger partial charge in [-0.3, -0.25) is 0 Å². The third kappa shape index (κ3) is 3.96. The summed E-state index contributed by atoms with van der Waals surface area (Å²) in [7, 11) is 0. The van der Waals surface area contributed by atoms with E-state index >= 15 is 0 Å². The van der Waals surface area contributed by atoms with Crippen LogP contribution in [0, 0.1) is 11.6 Å². The molecule has 0 saturated carbocycles. The van der Waals surface area contributed by atoms with Crippen molar-refractivity contribution in [2.45, 2.75) is 25.6 Å². The third-order valence-corrected chi connectivity index (χ3v) is 4.51. The summed E-state index contributed by atoms with van der Waals surface area (Å²) in [6.07, 6.45) is 1.59. The first kappa shape index (κ1) is 17.9. The van der Waals surface area contributed by atoms with Gasteiger partial charge < -0.3 is 19.2 Å². The standard InChI is InChI=1S/C18H16ClF2N3O3/c19-12-8-15-16(24-18(22-15)27-10-4-6-25-7-5-10)23-17(12)26-9-11-13(20)2-1-3-14(11)21/h1-3,8,10H,4-7,9H2,(H,22,23,24). The smallest absolute Gasteiger partial charge is 0.296 e. The van der Waals surface area contributed by atoms with Crippen LogP contribution in [0.2, 0.25) is 5.02 Å². The van der Waals surface area contributed by atoms with Crippen LogP contribution < -0.4 is 9.47 Å². The van der Waals surface area contributed by atoms with Crippen LogP contribution in [0.25, 0.3) is 11.2 Å². The number of aromatic nitrogens is 3. The molecule has 1 aromatic carbocycles. The monoisotopic (exact) mass is 395 g/mol. The maximum atomic E-state index is 13.7. The molecule has 142 valence electrons. The predicted molar refractivity (Wildman–Crippen MR) is 94.1 cm³/mol. The van der Waals surface area contributed by atoms with Crippen molar-refractivity contribution in [2.24, 2.45) is 0 Å². The highest BCUT2D eigenvalue weighted by Gasteiger charge is 2.18. The van der Waals surface area contributed by atoms with E-state index in [0.717, 1.165) is 25.0 Å². The van der Waals surface area contributed by atoms with E-state index in [4.69, 9.17) is 25.8 Å². The summed E-state index contributed by atoms with van der Waals surface area (Å²) in [5.74, 6) is -1.35. The second kappa shape index (κ2) is 7.66. The number of imidazole rings is 1. The average Bonchev–Trinajstić information content (AvgIpc) is 3.03. The van der Waals surface area contributed by atoms with Crippen molar-refractivity contribution in [3.05, 3.63) is 46.5 Å². The van der Waals surface area contributed by atoms with Crippen LogP contribution in [0.15, 0.2) is 24.3 Å². The zero-order valence-corrected chi connectivity index (χ0v) is 14.9. The van der Waals surface area contributed by atoms with Gasteiger partial charge >= 0.3 is 0 Å². The highest BCUT2D eigenvalue weighted by molar-refractivity contribution is 6.32. The molecule has 0 radical (unpaired) electrons. The molecule has 9 heteroatoms. The molecule has 0 aliphatic carbocycles. The lowest BCUT2D eigenvalue weighted by atomic mass is 10.2. The van der Waals surface area contributed by atoms with E-state index in [1.165, 1.54) is 6.07 Å². The number of nitrogens with zero attached hydrogens (tertiary/aromatic N) is 2. The Morgan fingerprint density at radius 1 is 1.19 bits per heavy atom. The molecular formula is C18H16ClF2N3O3. The minimum absolute atomic E-state index is 0.0227. The van der Waals surface area contributed by atoms with E-state index in [2.05, 4.69) is 15.0 Å². The summed E-state index contributed by atoms with van der Waals surface area (Å²) in [6.45, 7) is 0.964. The maximum absolute atomic E-state index is 13.7. The maximum Gasteiger partial charge on any atom is 0.296 e. The summed E-state index contributed by atoms with van der Waals surface area (Å²) >= 11 is 6.17. The molecule has 1 N–H and O–H groups in total. The third-order valence-electron chi connectivity index (χ3n) is 4.23. The first-order valence-corrected chi connectivity index (χ1v) is 8.84. The van der Waals surface area contributed by atoms with E-state index in [-0.39, 0.29) is 29.2 Å². The van der Waals surface area contributed by atoms with Gasteiger partial charge in [0.05, 0.1) is 24.3 Å². The summed E-state index contributed by atoms with van der Waals surface area (Å²) in [5, 5.41) is 0.195. The van der Waals surface area contributed by atoms with Crippen LogP contribution in [0.1, 0.15) is 18.4 Å². The quantitative estimate of drug-likeness (QED) is 0.706. The molecule has 1 aliphatic rings. The number of benzene rings is 1. The first-order chi connectivity index (χ1) is 13.1. The van der Waals surface area contributed by atoms with Crippen LogP contribution in [0.5, 0.6) is 11.9 Å². The van der Waals surface area contributed by atoms with Crippen molar-refractivity contribution in [1.29, 1.82) is 0 Å². The lowest BCUT2D eigenvalue weighted by Crippen LogP contribution is -2.26. The van der Waals surface area contributed by atoms with Gasteiger partial charge in [-0.15, -0.1) is 0 Å². The Morgan fingerprint density at radius 2 is 1.93 bits per heavy atom. The minimum Gasteiger partial charge on any atom is -0.471 e. The van der Waals surface area contributed by atoms with Crippen molar-refractivity contribution in [3.63, 3.8) is 0 Å². The molecule has 1 aliphatic heterocycles. The number of nitrogens with one attached hydrogen (secondary N) is 1. The molecule has 0 amide bonds. The van der Waals surface area contributed by atoms with Gasteiger partial charge in [0.2, 0.25) is 5.88 Å². The van der Waals surface area contributed by atoms with Gasteiger partial charge in [0.25, 0.3) is 6.01 Å². The highest BCUT2D eigenvalue weighted by atomic mass is 35.5. The van der Waals surface area contributed by atoms with Gasteiger partial charge in [0, 0.05) is 12.8 Å². The van der Waals surface area contributed by atoms with Crippen molar-refractivity contribution in [3.8, 4) is 11.9 Å². The summed E-state index contributed by atoms with van der Waals surface area (Å²) in [5.41, 5.74) is 0.720. The molecule has 0 unspecified atom stereocenters. The zero-order valence-electron chi connectivity index (χ0n) is 14.2. The van der Waals surface area contributed by atoms with E-state index in [1.54, 1.807) is 6.07 Å². The molecule has 1 saturated heterocycles. The van der Waals surface area contributed by atoms with Crippen LogP contribution in [0.3, 0.4) is 0 Å². The Balaban J connectivity index is 1.52. The number of hydrogen-bond acceptors (Lipinski definition) is 5. The second-order valence-corrected chi connectivity index (χ2v) is 6.51. The molecule has 27 heavy (non-hydrogen) atoms. The number of hydrogen-bond donors (Lipinski definition) is 1. The van der Waals surface area contributed by atoms with E-state index in [9.17, 15) is 8.78 Å². The van der Waals surface area contributed by atoms with Crippen molar-refractivity contribution in [1.82, 2.24) is 15.0 Å². The van der Waals surface area contributed by atoms with Crippen molar-refractivity contribution < 1.29 is 23.0 Å². The fraction of sp³-hybridized carbons (Fsp3) is 0.333. The Labute approximate surface area is 158 Å². The van der Waals surface area contributed by atoms with Gasteiger partial charge in [-0.05, 0) is 18.2 Å². The number of pyridine rings is 1. The van der Waals surface area contributed by atoms with Crippen molar-refractivity contribution >= 4 is 22.8 Å². The molecule has 0 spiro atoms. The van der Waals surface area contributed by atoms with Gasteiger partial charge in [-0.25, -0.2) is 8.78 Å². The average molecular weight is 396 g/mol. The van der Waals surface area contributed by atoms with E-state index < -0.39 is 11.6 Å². The van der Waals surface area contributed by atoms with Crippen LogP contribution >= 0.6 is 11.6 Å². The minimum atomic E-state index is -0.695. The highest BCUT2D eigenvalue weighted by Crippen LogP contribution is 2.28. The fourth-order valence-corrected chi connectivity index (χ4v) is 3.00. The van der Waals surface area contributed by atoms with Gasteiger partial charge in [0.15, 0.2) is 5.65 Å². The molecule has 0 atom stereocenters. The van der Waals surface area contributed by atoms with E-state index in [1.807, 2.05) is 0 Å². The summed E-state index contributed by atoms with van der Waals surface area (Å²) in [6, 6.07) is 5.52. The molecule has 3 aromatic rings. The van der Waals surface area contributed by atoms with Crippen LogP contribution in [-0.2, 0) is 11.3 Å². The number of H-pyrrole nitrogens is 1. The number of rotatable bonds is 5. The first-order valence-electron chi connectivity index (χ1n) is 8.46. The zero-order chi connectivity index (χ0) is 18.8. The van der Waals surface area contributed by atoms with Crippen LogP contribution in [-0.4, -0.2) is 34.3 Å². The Kier molecular flexibility index (Phi) is 5.09. The van der Waals surface area contributed by atoms with Crippen LogP contribution in [0.4, 0.5) is 8.78 Å². The Morgan fingerprint density at radius 3 is 2.67 bits per heavy atom. The topological polar surface area (TPSA) is 69.3 Å². The van der Waals surface area contributed by atoms with Gasteiger partial charge in [-0.1, -0.05) is 17.7 Å². The molecular weight excluding hydrogens is 380 g/mol. The lowest BCUT2D eigenvalue weighted by Gasteiger charge is -2.21. The molecule has 6 nitrogen and oxygen atoms in total. The van der Waals surface area contributed by atoms with Gasteiger partial charge in [0.1, 0.15) is 29.4 Å². The summed E-state index contributed by atoms with van der Waals surface area (Å²) in [4.78, 5) is 11.5. The van der Waals surface area contributed by atoms with E-state index in [0.29, 0.717) is 30.4 Å².